The predicted octanol–water partition coefficient (Wildman–Crippen LogP) is 3.44. The van der Waals surface area contributed by atoms with Gasteiger partial charge in [-0.05, 0) is 37.5 Å². The zero-order valence-corrected chi connectivity index (χ0v) is 16.2. The van der Waals surface area contributed by atoms with E-state index in [-0.39, 0.29) is 17.6 Å². The molecule has 1 saturated heterocycles. The quantitative estimate of drug-likeness (QED) is 0.621. The van der Waals surface area contributed by atoms with E-state index in [0.29, 0.717) is 12.0 Å². The second-order valence-corrected chi connectivity index (χ2v) is 7.93. The van der Waals surface area contributed by atoms with E-state index in [9.17, 15) is 24.8 Å². The minimum absolute atomic E-state index is 0.0322. The summed E-state index contributed by atoms with van der Waals surface area (Å²) in [4.78, 5) is 36.8. The number of nitro groups is 1. The van der Waals surface area contributed by atoms with Crippen LogP contribution in [-0.4, -0.2) is 38.6 Å². The Balaban J connectivity index is 2.23. The Hall–Kier alpha value is -2.48. The molecule has 0 spiro atoms. The fourth-order valence-electron chi connectivity index (χ4n) is 3.28. The summed E-state index contributed by atoms with van der Waals surface area (Å²) in [7, 11) is 0. The molecular formula is C19H26N2O6. The zero-order valence-electron chi connectivity index (χ0n) is 16.2. The molecule has 3 atom stereocenters. The van der Waals surface area contributed by atoms with Crippen LogP contribution in [0.2, 0.25) is 0 Å². The standard InChI is InChI=1S/C19H26N2O6/c1-11(2)15-10-19(4,5)27-18(24)20(15)17(23)12(3)16(22)13-6-8-14(9-7-13)21(25)26/h6-9,11-12,15-16,22H,10H2,1-5H3/t12-,15-,16-/m1/s1. The molecule has 0 radical (unpaired) electrons. The van der Waals surface area contributed by atoms with Gasteiger partial charge in [0.25, 0.3) is 5.69 Å². The number of ether oxygens (including phenoxy) is 1. The van der Waals surface area contributed by atoms with Gasteiger partial charge in [0.2, 0.25) is 5.91 Å². The number of imide groups is 1. The molecule has 27 heavy (non-hydrogen) atoms. The summed E-state index contributed by atoms with van der Waals surface area (Å²) >= 11 is 0. The highest BCUT2D eigenvalue weighted by molar-refractivity contribution is 5.94. The molecule has 1 heterocycles. The van der Waals surface area contributed by atoms with Gasteiger partial charge in [-0.15, -0.1) is 0 Å². The van der Waals surface area contributed by atoms with Crippen LogP contribution in [0.15, 0.2) is 24.3 Å². The molecular weight excluding hydrogens is 352 g/mol. The molecule has 2 rings (SSSR count). The molecule has 0 unspecified atom stereocenters. The van der Waals surface area contributed by atoms with Crippen molar-refractivity contribution in [3.8, 4) is 0 Å². The Morgan fingerprint density at radius 2 is 1.85 bits per heavy atom. The van der Waals surface area contributed by atoms with Gasteiger partial charge in [0.05, 0.1) is 16.9 Å². The molecule has 8 heteroatoms. The molecule has 148 valence electrons. The first-order chi connectivity index (χ1) is 12.4. The van der Waals surface area contributed by atoms with Gasteiger partial charge >= 0.3 is 6.09 Å². The molecule has 1 aromatic rings. The Morgan fingerprint density at radius 3 is 2.33 bits per heavy atom. The number of nitro benzene ring substituents is 1. The van der Waals surface area contributed by atoms with Crippen molar-refractivity contribution in [2.75, 3.05) is 0 Å². The molecule has 1 N–H and O–H groups in total. The highest BCUT2D eigenvalue weighted by atomic mass is 16.6. The molecule has 1 fully saturated rings. The number of aliphatic hydroxyl groups is 1. The van der Waals surface area contributed by atoms with Crippen LogP contribution in [-0.2, 0) is 9.53 Å². The second-order valence-electron chi connectivity index (χ2n) is 7.93. The fourth-order valence-corrected chi connectivity index (χ4v) is 3.28. The summed E-state index contributed by atoms with van der Waals surface area (Å²) in [6.07, 6.45) is -1.41. The average molecular weight is 378 g/mol. The number of carbonyl (C=O) groups excluding carboxylic acids is 2. The molecule has 1 aliphatic heterocycles. The minimum atomic E-state index is -1.20. The maximum atomic E-state index is 13.0. The molecule has 0 saturated carbocycles. The largest absolute Gasteiger partial charge is 0.443 e. The van der Waals surface area contributed by atoms with E-state index < -0.39 is 34.5 Å². The number of hydrogen-bond donors (Lipinski definition) is 1. The first kappa shape index (κ1) is 20.8. The van der Waals surface area contributed by atoms with E-state index in [2.05, 4.69) is 0 Å². The summed E-state index contributed by atoms with van der Waals surface area (Å²) in [5.41, 5.74) is -0.400. The minimum Gasteiger partial charge on any atom is -0.443 e. The van der Waals surface area contributed by atoms with E-state index in [1.165, 1.54) is 31.2 Å². The van der Waals surface area contributed by atoms with Crippen molar-refractivity contribution < 1.29 is 24.4 Å². The third-order valence-corrected chi connectivity index (χ3v) is 4.91. The smallest absolute Gasteiger partial charge is 0.417 e. The van der Waals surface area contributed by atoms with Crippen molar-refractivity contribution in [2.45, 2.75) is 58.8 Å². The van der Waals surface area contributed by atoms with Crippen LogP contribution in [0.3, 0.4) is 0 Å². The van der Waals surface area contributed by atoms with Crippen LogP contribution >= 0.6 is 0 Å². The van der Waals surface area contributed by atoms with E-state index in [4.69, 9.17) is 4.74 Å². The van der Waals surface area contributed by atoms with Gasteiger partial charge in [-0.1, -0.05) is 20.8 Å². The van der Waals surface area contributed by atoms with Crippen molar-refractivity contribution >= 4 is 17.7 Å². The number of nitrogens with zero attached hydrogens (tertiary/aromatic N) is 2. The van der Waals surface area contributed by atoms with Crippen LogP contribution in [0.1, 0.15) is 52.7 Å². The summed E-state index contributed by atoms with van der Waals surface area (Å²) in [5, 5.41) is 21.3. The van der Waals surface area contributed by atoms with Crippen molar-refractivity contribution in [2.24, 2.45) is 11.8 Å². The Morgan fingerprint density at radius 1 is 1.30 bits per heavy atom. The lowest BCUT2D eigenvalue weighted by atomic mass is 9.87. The molecule has 0 aromatic heterocycles. The third-order valence-electron chi connectivity index (χ3n) is 4.91. The molecule has 0 aliphatic carbocycles. The summed E-state index contributed by atoms with van der Waals surface area (Å²) in [6, 6.07) is 5.02. The number of rotatable bonds is 5. The maximum Gasteiger partial charge on any atom is 0.417 e. The van der Waals surface area contributed by atoms with Crippen LogP contribution in [0, 0.1) is 22.0 Å². The summed E-state index contributed by atoms with van der Waals surface area (Å²) < 4.78 is 5.38. The van der Waals surface area contributed by atoms with E-state index in [1.54, 1.807) is 13.8 Å². The molecule has 2 amide bonds. The number of carbonyl (C=O) groups is 2. The highest BCUT2D eigenvalue weighted by Crippen LogP contribution is 2.34. The normalized spacial score (nSPS) is 21.5. The lowest BCUT2D eigenvalue weighted by Crippen LogP contribution is -2.58. The van der Waals surface area contributed by atoms with E-state index >= 15 is 0 Å². The van der Waals surface area contributed by atoms with Gasteiger partial charge in [0, 0.05) is 24.6 Å². The fraction of sp³-hybridized carbons (Fsp3) is 0.579. The van der Waals surface area contributed by atoms with E-state index in [0.717, 1.165) is 4.90 Å². The third kappa shape index (κ3) is 4.44. The van der Waals surface area contributed by atoms with Crippen molar-refractivity contribution in [3.63, 3.8) is 0 Å². The van der Waals surface area contributed by atoms with Crippen LogP contribution in [0.4, 0.5) is 10.5 Å². The number of hydrogen-bond acceptors (Lipinski definition) is 6. The number of amides is 2. The number of benzene rings is 1. The van der Waals surface area contributed by atoms with Crippen molar-refractivity contribution in [3.05, 3.63) is 39.9 Å². The van der Waals surface area contributed by atoms with Gasteiger partial charge in [-0.2, -0.15) is 0 Å². The van der Waals surface area contributed by atoms with Crippen LogP contribution < -0.4 is 0 Å². The number of cyclic esters (lactones) is 1. The van der Waals surface area contributed by atoms with Gasteiger partial charge in [0.15, 0.2) is 0 Å². The maximum absolute atomic E-state index is 13.0. The summed E-state index contributed by atoms with van der Waals surface area (Å²) in [5.74, 6) is -1.41. The molecule has 1 aromatic carbocycles. The summed E-state index contributed by atoms with van der Waals surface area (Å²) in [6.45, 7) is 8.99. The monoisotopic (exact) mass is 378 g/mol. The van der Waals surface area contributed by atoms with Crippen LogP contribution in [0.5, 0.6) is 0 Å². The van der Waals surface area contributed by atoms with Crippen LogP contribution in [0.25, 0.3) is 0 Å². The molecule has 1 aliphatic rings. The number of aliphatic hydroxyl groups excluding tert-OH is 1. The highest BCUT2D eigenvalue weighted by Gasteiger charge is 2.46. The van der Waals surface area contributed by atoms with Crippen molar-refractivity contribution in [1.82, 2.24) is 4.90 Å². The molecule has 0 bridgehead atoms. The lowest BCUT2D eigenvalue weighted by molar-refractivity contribution is -0.384. The number of non-ortho nitro benzene ring substituents is 1. The van der Waals surface area contributed by atoms with Gasteiger partial charge in [-0.25, -0.2) is 9.69 Å². The van der Waals surface area contributed by atoms with Gasteiger partial charge in [-0.3, -0.25) is 14.9 Å². The Kier molecular flexibility index (Phi) is 5.89. The first-order valence-electron chi connectivity index (χ1n) is 8.93. The second kappa shape index (κ2) is 7.64. The molecule has 8 nitrogen and oxygen atoms in total. The Bertz CT molecular complexity index is 728. The van der Waals surface area contributed by atoms with Crippen molar-refractivity contribution in [1.29, 1.82) is 0 Å². The lowest BCUT2D eigenvalue weighted by Gasteiger charge is -2.44. The van der Waals surface area contributed by atoms with Gasteiger partial charge in [0.1, 0.15) is 5.60 Å². The van der Waals surface area contributed by atoms with E-state index in [1.807, 2.05) is 13.8 Å². The zero-order chi connectivity index (χ0) is 20.5. The average Bonchev–Trinajstić information content (AvgIpc) is 2.58. The SMILES string of the molecule is CC(C)[C@H]1CC(C)(C)OC(=O)N1C(=O)[C@H](C)[C@@H](O)c1ccc([N+](=O)[O-])cc1. The Labute approximate surface area is 158 Å². The first-order valence-corrected chi connectivity index (χ1v) is 8.93. The topological polar surface area (TPSA) is 110 Å². The van der Waals surface area contributed by atoms with Gasteiger partial charge < -0.3 is 9.84 Å². The predicted molar refractivity (Wildman–Crippen MR) is 97.9 cm³/mol.